The van der Waals surface area contributed by atoms with Gasteiger partial charge < -0.3 is 15.0 Å². The van der Waals surface area contributed by atoms with Gasteiger partial charge in [-0.3, -0.25) is 4.79 Å². The molecule has 22 heavy (non-hydrogen) atoms. The molecule has 1 N–H and O–H groups in total. The molecule has 1 spiro atoms. The maximum absolute atomic E-state index is 11.8. The van der Waals surface area contributed by atoms with E-state index in [0.29, 0.717) is 19.6 Å². The molecule has 6 nitrogen and oxygen atoms in total. The third-order valence-corrected chi connectivity index (χ3v) is 4.50. The number of piperidine rings is 1. The van der Waals surface area contributed by atoms with Crippen molar-refractivity contribution in [1.29, 1.82) is 0 Å². The van der Waals surface area contributed by atoms with Crippen molar-refractivity contribution < 1.29 is 9.53 Å². The number of aromatic nitrogens is 2. The van der Waals surface area contributed by atoms with Gasteiger partial charge in [-0.1, -0.05) is 13.3 Å². The highest BCUT2D eigenvalue weighted by molar-refractivity contribution is 5.77. The summed E-state index contributed by atoms with van der Waals surface area (Å²) in [5, 5.41) is 2.87. The van der Waals surface area contributed by atoms with Crippen molar-refractivity contribution in [1.82, 2.24) is 15.3 Å². The number of ether oxygens (including phenoxy) is 1. The largest absolute Gasteiger partial charge is 0.372 e. The predicted molar refractivity (Wildman–Crippen MR) is 83.8 cm³/mol. The van der Waals surface area contributed by atoms with E-state index < -0.39 is 0 Å². The Morgan fingerprint density at radius 3 is 2.73 bits per heavy atom. The normalized spacial score (nSPS) is 21.5. The summed E-state index contributed by atoms with van der Waals surface area (Å²) in [6.45, 7) is 5.04. The van der Waals surface area contributed by atoms with Crippen LogP contribution >= 0.6 is 0 Å². The summed E-state index contributed by atoms with van der Waals surface area (Å²) in [6, 6.07) is 0. The maximum atomic E-state index is 11.8. The SMILES string of the molecule is CCCc1cnc(N2CCC3(CC2)CC(=O)NCCO3)nc1. The number of amides is 1. The monoisotopic (exact) mass is 304 g/mol. The molecule has 0 radical (unpaired) electrons. The van der Waals surface area contributed by atoms with Gasteiger partial charge in [0.1, 0.15) is 0 Å². The molecule has 1 amide bonds. The van der Waals surface area contributed by atoms with Crippen molar-refractivity contribution in [2.24, 2.45) is 0 Å². The minimum absolute atomic E-state index is 0.103. The highest BCUT2D eigenvalue weighted by atomic mass is 16.5. The fourth-order valence-corrected chi connectivity index (χ4v) is 3.23. The number of carbonyl (C=O) groups is 1. The summed E-state index contributed by atoms with van der Waals surface area (Å²) in [7, 11) is 0. The maximum Gasteiger partial charge on any atom is 0.225 e. The van der Waals surface area contributed by atoms with Crippen LogP contribution in [-0.4, -0.2) is 47.7 Å². The Kier molecular flexibility index (Phi) is 4.57. The Hall–Kier alpha value is -1.69. The number of nitrogens with zero attached hydrogens (tertiary/aromatic N) is 3. The van der Waals surface area contributed by atoms with Gasteiger partial charge in [-0.05, 0) is 24.8 Å². The lowest BCUT2D eigenvalue weighted by Crippen LogP contribution is -2.47. The average Bonchev–Trinajstić information content (AvgIpc) is 2.71. The molecule has 0 saturated carbocycles. The van der Waals surface area contributed by atoms with Crippen LogP contribution in [0.1, 0.15) is 38.2 Å². The van der Waals surface area contributed by atoms with Crippen LogP contribution in [0.4, 0.5) is 5.95 Å². The lowest BCUT2D eigenvalue weighted by Gasteiger charge is -2.40. The lowest BCUT2D eigenvalue weighted by atomic mass is 9.87. The van der Waals surface area contributed by atoms with Gasteiger partial charge in [0.05, 0.1) is 18.6 Å². The molecule has 6 heteroatoms. The lowest BCUT2D eigenvalue weighted by molar-refractivity contribution is -0.126. The summed E-state index contributed by atoms with van der Waals surface area (Å²) >= 11 is 0. The second kappa shape index (κ2) is 6.60. The Morgan fingerprint density at radius 1 is 1.32 bits per heavy atom. The fraction of sp³-hybridized carbons (Fsp3) is 0.688. The van der Waals surface area contributed by atoms with Gasteiger partial charge >= 0.3 is 0 Å². The summed E-state index contributed by atoms with van der Waals surface area (Å²) in [5.74, 6) is 0.888. The Morgan fingerprint density at radius 2 is 2.05 bits per heavy atom. The number of nitrogens with one attached hydrogen (secondary N) is 1. The molecule has 0 aromatic carbocycles. The summed E-state index contributed by atoms with van der Waals surface area (Å²) in [4.78, 5) is 22.9. The van der Waals surface area contributed by atoms with Gasteiger partial charge in [0.15, 0.2) is 0 Å². The molecule has 0 atom stereocenters. The smallest absolute Gasteiger partial charge is 0.225 e. The molecule has 1 aromatic heterocycles. The van der Waals surface area contributed by atoms with Crippen molar-refractivity contribution in [3.8, 4) is 0 Å². The Bertz CT molecular complexity index is 509. The van der Waals surface area contributed by atoms with E-state index in [1.807, 2.05) is 12.4 Å². The van der Waals surface area contributed by atoms with Crippen molar-refractivity contribution in [3.63, 3.8) is 0 Å². The van der Waals surface area contributed by atoms with Gasteiger partial charge in [0.2, 0.25) is 11.9 Å². The van der Waals surface area contributed by atoms with Crippen LogP contribution in [0.15, 0.2) is 12.4 Å². The molecule has 0 bridgehead atoms. The van der Waals surface area contributed by atoms with Crippen LogP contribution in [0.25, 0.3) is 0 Å². The zero-order valence-electron chi connectivity index (χ0n) is 13.2. The Balaban J connectivity index is 1.62. The molecule has 2 fully saturated rings. The third-order valence-electron chi connectivity index (χ3n) is 4.50. The second-order valence-electron chi connectivity index (χ2n) is 6.19. The van der Waals surface area contributed by atoms with E-state index in [0.717, 1.165) is 44.7 Å². The molecule has 3 heterocycles. The molecule has 1 aromatic rings. The number of rotatable bonds is 3. The highest BCUT2D eigenvalue weighted by Crippen LogP contribution is 2.32. The number of aryl methyl sites for hydroxylation is 1. The van der Waals surface area contributed by atoms with Crippen molar-refractivity contribution in [2.45, 2.75) is 44.6 Å². The first-order valence-corrected chi connectivity index (χ1v) is 8.17. The quantitative estimate of drug-likeness (QED) is 0.912. The van der Waals surface area contributed by atoms with E-state index in [1.165, 1.54) is 5.56 Å². The molecule has 2 aliphatic heterocycles. The van der Waals surface area contributed by atoms with Crippen LogP contribution in [0, 0.1) is 0 Å². The van der Waals surface area contributed by atoms with Gasteiger partial charge in [-0.25, -0.2) is 9.97 Å². The standard InChI is InChI=1S/C16H24N4O2/c1-2-3-13-11-18-15(19-12-13)20-7-4-16(5-8-20)10-14(21)17-6-9-22-16/h11-12H,2-10H2,1H3,(H,17,21). The predicted octanol–water partition coefficient (Wildman–Crippen LogP) is 1.30. The van der Waals surface area contributed by atoms with Crippen LogP contribution in [0.3, 0.4) is 0 Å². The molecule has 3 rings (SSSR count). The number of anilines is 1. The molecule has 0 aliphatic carbocycles. The number of hydrogen-bond acceptors (Lipinski definition) is 5. The molecule has 120 valence electrons. The summed E-state index contributed by atoms with van der Waals surface area (Å²) < 4.78 is 5.99. The molecular weight excluding hydrogens is 280 g/mol. The van der Waals surface area contributed by atoms with E-state index in [-0.39, 0.29) is 11.5 Å². The first kappa shape index (κ1) is 15.2. The molecule has 2 aliphatic rings. The average molecular weight is 304 g/mol. The van der Waals surface area contributed by atoms with Gasteiger partial charge in [-0.15, -0.1) is 0 Å². The third kappa shape index (κ3) is 3.38. The van der Waals surface area contributed by atoms with E-state index in [1.54, 1.807) is 0 Å². The van der Waals surface area contributed by atoms with Crippen LogP contribution in [-0.2, 0) is 16.0 Å². The van der Waals surface area contributed by atoms with Gasteiger partial charge in [-0.2, -0.15) is 0 Å². The van der Waals surface area contributed by atoms with Crippen LogP contribution in [0.2, 0.25) is 0 Å². The fourth-order valence-electron chi connectivity index (χ4n) is 3.23. The van der Waals surface area contributed by atoms with Gasteiger partial charge in [0, 0.05) is 32.0 Å². The minimum Gasteiger partial charge on any atom is -0.372 e. The van der Waals surface area contributed by atoms with E-state index >= 15 is 0 Å². The second-order valence-corrected chi connectivity index (χ2v) is 6.19. The van der Waals surface area contributed by atoms with Crippen molar-refractivity contribution in [2.75, 3.05) is 31.1 Å². The topological polar surface area (TPSA) is 67.4 Å². The van der Waals surface area contributed by atoms with Crippen molar-refractivity contribution >= 4 is 11.9 Å². The summed E-state index contributed by atoms with van der Waals surface area (Å²) in [6.07, 6.45) is 8.14. The Labute approximate surface area is 131 Å². The first-order chi connectivity index (χ1) is 10.7. The zero-order chi connectivity index (χ0) is 15.4. The van der Waals surface area contributed by atoms with E-state index in [4.69, 9.17) is 4.74 Å². The van der Waals surface area contributed by atoms with E-state index in [2.05, 4.69) is 27.1 Å². The number of hydrogen-bond donors (Lipinski definition) is 1. The van der Waals surface area contributed by atoms with E-state index in [9.17, 15) is 4.79 Å². The zero-order valence-corrected chi connectivity index (χ0v) is 13.2. The minimum atomic E-state index is -0.292. The molecule has 2 saturated heterocycles. The van der Waals surface area contributed by atoms with Crippen LogP contribution in [0.5, 0.6) is 0 Å². The summed E-state index contributed by atoms with van der Waals surface area (Å²) in [5.41, 5.74) is 0.891. The molecular formula is C16H24N4O2. The first-order valence-electron chi connectivity index (χ1n) is 8.17. The van der Waals surface area contributed by atoms with Crippen molar-refractivity contribution in [3.05, 3.63) is 18.0 Å². The van der Waals surface area contributed by atoms with Gasteiger partial charge in [0.25, 0.3) is 0 Å². The highest BCUT2D eigenvalue weighted by Gasteiger charge is 2.39. The number of carbonyl (C=O) groups excluding carboxylic acids is 1. The molecule has 0 unspecified atom stereocenters. The van der Waals surface area contributed by atoms with Crippen LogP contribution < -0.4 is 10.2 Å².